The van der Waals surface area contributed by atoms with E-state index in [-0.39, 0.29) is 11.3 Å². The number of carbonyl (C=O) groups excluding carboxylic acids is 1. The summed E-state index contributed by atoms with van der Waals surface area (Å²) in [7, 11) is 0. The molecule has 0 N–H and O–H groups in total. The lowest BCUT2D eigenvalue weighted by Gasteiger charge is -2.23. The Balaban J connectivity index is 1.46. The highest BCUT2D eigenvalue weighted by atomic mass is 32.1. The lowest BCUT2D eigenvalue weighted by molar-refractivity contribution is -0.117. The molecule has 2 aliphatic heterocycles. The van der Waals surface area contributed by atoms with Crippen LogP contribution in [0.1, 0.15) is 23.3 Å². The number of likely N-dealkylation sites (tertiary alicyclic amines) is 1. The monoisotopic (exact) mass is 316 g/mol. The van der Waals surface area contributed by atoms with Crippen molar-refractivity contribution in [3.63, 3.8) is 0 Å². The molecule has 4 nitrogen and oxygen atoms in total. The second kappa shape index (κ2) is 5.25. The summed E-state index contributed by atoms with van der Waals surface area (Å²) in [6.07, 6.45) is 5.33. The Morgan fingerprint density at radius 1 is 1.32 bits per heavy atom. The van der Waals surface area contributed by atoms with Crippen molar-refractivity contribution in [2.75, 3.05) is 24.5 Å². The highest BCUT2D eigenvalue weighted by Gasteiger charge is 2.47. The zero-order valence-electron chi connectivity index (χ0n) is 12.7. The molecule has 1 spiro atoms. The van der Waals surface area contributed by atoms with Gasteiger partial charge in [-0.05, 0) is 38.1 Å². The van der Waals surface area contributed by atoms with Gasteiger partial charge in [0.2, 0.25) is 5.91 Å². The van der Waals surface area contributed by atoms with E-state index in [4.69, 9.17) is 4.42 Å². The fourth-order valence-corrected chi connectivity index (χ4v) is 4.62. The van der Waals surface area contributed by atoms with Gasteiger partial charge in [-0.2, -0.15) is 0 Å². The minimum Gasteiger partial charge on any atom is -0.472 e. The largest absolute Gasteiger partial charge is 0.472 e. The molecular weight excluding hydrogens is 296 g/mol. The molecule has 2 aliphatic rings. The summed E-state index contributed by atoms with van der Waals surface area (Å²) in [6, 6.07) is 6.19. The van der Waals surface area contributed by atoms with Crippen molar-refractivity contribution in [3.05, 3.63) is 41.2 Å². The summed E-state index contributed by atoms with van der Waals surface area (Å²) < 4.78 is 5.15. The Morgan fingerprint density at radius 3 is 2.95 bits per heavy atom. The van der Waals surface area contributed by atoms with E-state index in [0.717, 1.165) is 37.6 Å². The van der Waals surface area contributed by atoms with Crippen LogP contribution < -0.4 is 4.90 Å². The molecule has 1 amide bonds. The molecule has 5 heteroatoms. The molecule has 2 aromatic heterocycles. The molecule has 0 bridgehead atoms. The molecule has 0 unspecified atom stereocenters. The van der Waals surface area contributed by atoms with Gasteiger partial charge >= 0.3 is 0 Å². The van der Waals surface area contributed by atoms with E-state index in [9.17, 15) is 4.79 Å². The third kappa shape index (κ3) is 2.48. The Morgan fingerprint density at radius 2 is 2.23 bits per heavy atom. The first kappa shape index (κ1) is 14.0. The predicted octanol–water partition coefficient (Wildman–Crippen LogP) is 3.28. The molecular formula is C17H20N2O2S. The summed E-state index contributed by atoms with van der Waals surface area (Å²) in [4.78, 5) is 18.2. The van der Waals surface area contributed by atoms with Gasteiger partial charge in [-0.3, -0.25) is 9.69 Å². The van der Waals surface area contributed by atoms with Crippen molar-refractivity contribution in [1.29, 1.82) is 0 Å². The van der Waals surface area contributed by atoms with Crippen molar-refractivity contribution in [2.45, 2.75) is 26.3 Å². The summed E-state index contributed by atoms with van der Waals surface area (Å²) in [5, 5.41) is 1.10. The number of rotatable bonds is 3. The lowest BCUT2D eigenvalue weighted by Crippen LogP contribution is -2.30. The SMILES string of the molecule is Cc1ccc(N2C[C@]3(CCN(Cc4ccoc4)C3)CC2=O)s1. The number of anilines is 1. The van der Waals surface area contributed by atoms with E-state index < -0.39 is 0 Å². The average Bonchev–Trinajstić information content (AvgIpc) is 3.22. The van der Waals surface area contributed by atoms with E-state index in [0.29, 0.717) is 6.42 Å². The van der Waals surface area contributed by atoms with Crippen LogP contribution in [0, 0.1) is 12.3 Å². The second-order valence-corrected chi connectivity index (χ2v) is 7.90. The number of furan rings is 1. The van der Waals surface area contributed by atoms with Crippen molar-refractivity contribution in [3.8, 4) is 0 Å². The molecule has 0 aromatic carbocycles. The molecule has 116 valence electrons. The molecule has 4 rings (SSSR count). The zero-order valence-corrected chi connectivity index (χ0v) is 13.6. The van der Waals surface area contributed by atoms with Crippen LogP contribution >= 0.6 is 11.3 Å². The van der Waals surface area contributed by atoms with Crippen LogP contribution in [0.4, 0.5) is 5.00 Å². The number of amides is 1. The maximum atomic E-state index is 12.5. The second-order valence-electron chi connectivity index (χ2n) is 6.63. The quantitative estimate of drug-likeness (QED) is 0.872. The maximum Gasteiger partial charge on any atom is 0.228 e. The van der Waals surface area contributed by atoms with Gasteiger partial charge in [-0.1, -0.05) is 0 Å². The number of hydrogen-bond donors (Lipinski definition) is 0. The Bertz CT molecular complexity index is 679. The van der Waals surface area contributed by atoms with E-state index in [1.165, 1.54) is 10.4 Å². The first-order chi connectivity index (χ1) is 10.6. The lowest BCUT2D eigenvalue weighted by atomic mass is 9.86. The van der Waals surface area contributed by atoms with Crippen molar-refractivity contribution < 1.29 is 9.21 Å². The molecule has 22 heavy (non-hydrogen) atoms. The minimum absolute atomic E-state index is 0.138. The highest BCUT2D eigenvalue weighted by molar-refractivity contribution is 7.16. The highest BCUT2D eigenvalue weighted by Crippen LogP contribution is 2.43. The molecule has 1 atom stereocenters. The van der Waals surface area contributed by atoms with Gasteiger partial charge in [-0.25, -0.2) is 0 Å². The zero-order chi connectivity index (χ0) is 15.2. The van der Waals surface area contributed by atoms with Crippen LogP contribution in [0.5, 0.6) is 0 Å². The van der Waals surface area contributed by atoms with Crippen molar-refractivity contribution in [2.24, 2.45) is 5.41 Å². The predicted molar refractivity (Wildman–Crippen MR) is 87.1 cm³/mol. The Kier molecular flexibility index (Phi) is 3.35. The van der Waals surface area contributed by atoms with Crippen LogP contribution in [-0.4, -0.2) is 30.4 Å². The third-order valence-electron chi connectivity index (χ3n) is 4.82. The van der Waals surface area contributed by atoms with Crippen LogP contribution in [0.25, 0.3) is 0 Å². The Hall–Kier alpha value is -1.59. The van der Waals surface area contributed by atoms with Crippen LogP contribution in [-0.2, 0) is 11.3 Å². The molecule has 2 aromatic rings. The Labute approximate surface area is 134 Å². The fraction of sp³-hybridized carbons (Fsp3) is 0.471. The number of nitrogens with zero attached hydrogens (tertiary/aromatic N) is 2. The maximum absolute atomic E-state index is 12.5. The van der Waals surface area contributed by atoms with Crippen molar-refractivity contribution >= 4 is 22.2 Å². The first-order valence-electron chi connectivity index (χ1n) is 7.74. The number of hydrogen-bond acceptors (Lipinski definition) is 4. The van der Waals surface area contributed by atoms with Crippen LogP contribution in [0.2, 0.25) is 0 Å². The number of aryl methyl sites for hydroxylation is 1. The van der Waals surface area contributed by atoms with E-state index in [2.05, 4.69) is 24.0 Å². The standard InChI is InChI=1S/C17H20N2O2S/c1-13-2-3-16(22-13)19-12-17(8-15(19)20)5-6-18(11-17)9-14-4-7-21-10-14/h2-4,7,10H,5-6,8-9,11-12H2,1H3/t17-/m1/s1. The topological polar surface area (TPSA) is 36.7 Å². The average molecular weight is 316 g/mol. The smallest absolute Gasteiger partial charge is 0.228 e. The molecule has 4 heterocycles. The third-order valence-corrected chi connectivity index (χ3v) is 5.84. The molecule has 0 saturated carbocycles. The minimum atomic E-state index is 0.138. The summed E-state index contributed by atoms with van der Waals surface area (Å²) in [5.74, 6) is 0.284. The van der Waals surface area contributed by atoms with Crippen molar-refractivity contribution in [1.82, 2.24) is 4.90 Å². The van der Waals surface area contributed by atoms with Gasteiger partial charge in [0.1, 0.15) is 0 Å². The molecule has 0 aliphatic carbocycles. The summed E-state index contributed by atoms with van der Waals surface area (Å²) in [6.45, 7) is 5.95. The summed E-state index contributed by atoms with van der Waals surface area (Å²) >= 11 is 1.71. The number of thiophene rings is 1. The van der Waals surface area contributed by atoms with E-state index in [1.54, 1.807) is 17.6 Å². The van der Waals surface area contributed by atoms with Crippen LogP contribution in [0.3, 0.4) is 0 Å². The molecule has 2 saturated heterocycles. The van der Waals surface area contributed by atoms with Gasteiger partial charge < -0.3 is 9.32 Å². The van der Waals surface area contributed by atoms with E-state index in [1.807, 2.05) is 17.2 Å². The fourth-order valence-electron chi connectivity index (χ4n) is 3.74. The molecule has 2 fully saturated rings. The molecule has 0 radical (unpaired) electrons. The first-order valence-corrected chi connectivity index (χ1v) is 8.56. The summed E-state index contributed by atoms with van der Waals surface area (Å²) in [5.41, 5.74) is 1.35. The normalized spacial score (nSPS) is 25.7. The van der Waals surface area contributed by atoms with Gasteiger partial charge in [-0.15, -0.1) is 11.3 Å². The van der Waals surface area contributed by atoms with E-state index >= 15 is 0 Å². The van der Waals surface area contributed by atoms with Gasteiger partial charge in [0.25, 0.3) is 0 Å². The van der Waals surface area contributed by atoms with Gasteiger partial charge in [0.15, 0.2) is 0 Å². The van der Waals surface area contributed by atoms with Crippen LogP contribution in [0.15, 0.2) is 35.1 Å². The van der Waals surface area contributed by atoms with Gasteiger partial charge in [0.05, 0.1) is 17.5 Å². The number of carbonyl (C=O) groups is 1. The van der Waals surface area contributed by atoms with Gasteiger partial charge in [0, 0.05) is 41.9 Å².